The monoisotopic (exact) mass is 447 g/mol. The molecule has 0 radical (unpaired) electrons. The van der Waals surface area contributed by atoms with Gasteiger partial charge >= 0.3 is 5.97 Å². The molecule has 0 unspecified atom stereocenters. The van der Waals surface area contributed by atoms with Crippen molar-refractivity contribution in [2.45, 2.75) is 6.54 Å². The highest BCUT2D eigenvalue weighted by molar-refractivity contribution is 5.93. The third kappa shape index (κ3) is 4.27. The van der Waals surface area contributed by atoms with Crippen LogP contribution in [-0.2, 0) is 6.54 Å². The van der Waals surface area contributed by atoms with Gasteiger partial charge in [-0.2, -0.15) is 5.10 Å². The first-order chi connectivity index (χ1) is 16.6. The van der Waals surface area contributed by atoms with Crippen molar-refractivity contribution in [3.05, 3.63) is 102 Å². The summed E-state index contributed by atoms with van der Waals surface area (Å²) in [6.45, 7) is 4.30. The first-order valence-corrected chi connectivity index (χ1v) is 10.7. The van der Waals surface area contributed by atoms with E-state index in [4.69, 9.17) is 15.1 Å². The molecule has 5 aromatic rings. The van der Waals surface area contributed by atoms with E-state index in [2.05, 4.69) is 40.3 Å². The standard InChI is InChI=1S/C27H21N5O2/c1-2-17-3-7-19(8-4-17)21-11-12-22-24(15-21)30-26(23-13-14-29-32-23)31-25(22)28-16-18-5-9-20(10-6-18)27(33)34/h2-15H,1,16H2,(H,29,32)(H,33,34)(H,28,30,31). The minimum atomic E-state index is -0.944. The molecule has 34 heavy (non-hydrogen) atoms. The number of carboxylic acid groups (broad SMARTS) is 1. The zero-order valence-electron chi connectivity index (χ0n) is 18.2. The summed E-state index contributed by atoms with van der Waals surface area (Å²) in [7, 11) is 0. The highest BCUT2D eigenvalue weighted by Gasteiger charge is 2.12. The number of carboxylic acids is 1. The van der Waals surface area contributed by atoms with Crippen LogP contribution in [0.25, 0.3) is 39.6 Å². The van der Waals surface area contributed by atoms with Crippen LogP contribution in [0.2, 0.25) is 0 Å². The fourth-order valence-electron chi connectivity index (χ4n) is 3.71. The van der Waals surface area contributed by atoms with Gasteiger partial charge < -0.3 is 10.4 Å². The Labute approximate surface area is 195 Å². The molecule has 166 valence electrons. The fraction of sp³-hybridized carbons (Fsp3) is 0.0370. The molecular formula is C27H21N5O2. The van der Waals surface area contributed by atoms with Crippen molar-refractivity contribution >= 4 is 28.8 Å². The molecule has 7 nitrogen and oxygen atoms in total. The maximum Gasteiger partial charge on any atom is 0.335 e. The van der Waals surface area contributed by atoms with E-state index >= 15 is 0 Å². The van der Waals surface area contributed by atoms with Gasteiger partial charge in [-0.05, 0) is 52.6 Å². The number of H-pyrrole nitrogens is 1. The predicted octanol–water partition coefficient (Wildman–Crippen LogP) is 5.64. The Morgan fingerprint density at radius 1 is 0.971 bits per heavy atom. The molecule has 0 aliphatic heterocycles. The molecular weight excluding hydrogens is 426 g/mol. The summed E-state index contributed by atoms with van der Waals surface area (Å²) in [4.78, 5) is 20.6. The van der Waals surface area contributed by atoms with Crippen molar-refractivity contribution in [2.75, 3.05) is 5.32 Å². The van der Waals surface area contributed by atoms with Gasteiger partial charge in [0.25, 0.3) is 0 Å². The van der Waals surface area contributed by atoms with Crippen LogP contribution >= 0.6 is 0 Å². The molecule has 7 heteroatoms. The van der Waals surface area contributed by atoms with E-state index in [0.29, 0.717) is 18.2 Å². The average molecular weight is 447 g/mol. The van der Waals surface area contributed by atoms with Gasteiger partial charge in [-0.1, -0.05) is 55.1 Å². The lowest BCUT2D eigenvalue weighted by Crippen LogP contribution is -2.05. The van der Waals surface area contributed by atoms with E-state index in [1.807, 2.05) is 36.4 Å². The topological polar surface area (TPSA) is 104 Å². The first kappa shape index (κ1) is 21.1. The normalized spacial score (nSPS) is 10.8. The van der Waals surface area contributed by atoms with Crippen molar-refractivity contribution in [1.29, 1.82) is 0 Å². The third-order valence-corrected chi connectivity index (χ3v) is 5.58. The summed E-state index contributed by atoms with van der Waals surface area (Å²) in [5.41, 5.74) is 5.92. The van der Waals surface area contributed by atoms with Gasteiger partial charge in [-0.15, -0.1) is 0 Å². The Kier molecular flexibility index (Phi) is 5.58. The van der Waals surface area contributed by atoms with E-state index in [9.17, 15) is 4.79 Å². The third-order valence-electron chi connectivity index (χ3n) is 5.58. The Morgan fingerprint density at radius 3 is 2.41 bits per heavy atom. The molecule has 3 N–H and O–H groups in total. The first-order valence-electron chi connectivity index (χ1n) is 10.7. The maximum atomic E-state index is 11.1. The number of hydrogen-bond donors (Lipinski definition) is 3. The second-order valence-corrected chi connectivity index (χ2v) is 7.78. The van der Waals surface area contributed by atoms with Crippen LogP contribution in [0.3, 0.4) is 0 Å². The summed E-state index contributed by atoms with van der Waals surface area (Å²) in [6.07, 6.45) is 3.48. The maximum absolute atomic E-state index is 11.1. The van der Waals surface area contributed by atoms with E-state index in [0.717, 1.165) is 38.9 Å². The van der Waals surface area contributed by atoms with Crippen molar-refractivity contribution in [2.24, 2.45) is 0 Å². The number of nitrogens with zero attached hydrogens (tertiary/aromatic N) is 3. The number of hydrogen-bond acceptors (Lipinski definition) is 5. The Morgan fingerprint density at radius 2 is 1.74 bits per heavy atom. The Hall–Kier alpha value is -4.78. The molecule has 0 spiro atoms. The van der Waals surface area contributed by atoms with Gasteiger partial charge in [-0.3, -0.25) is 5.10 Å². The molecule has 5 rings (SSSR count). The number of carbonyl (C=O) groups is 1. The number of aromatic nitrogens is 4. The smallest absolute Gasteiger partial charge is 0.335 e. The van der Waals surface area contributed by atoms with Gasteiger partial charge in [-0.25, -0.2) is 14.8 Å². The number of rotatable bonds is 7. The van der Waals surface area contributed by atoms with Crippen molar-refractivity contribution in [3.8, 4) is 22.6 Å². The summed E-state index contributed by atoms with van der Waals surface area (Å²) in [6, 6.07) is 22.9. The van der Waals surface area contributed by atoms with Gasteiger partial charge in [0.2, 0.25) is 0 Å². The number of nitrogens with one attached hydrogen (secondary N) is 2. The molecule has 0 aliphatic rings. The van der Waals surface area contributed by atoms with Gasteiger partial charge in [0.1, 0.15) is 11.5 Å². The number of fused-ring (bicyclic) bond motifs is 1. The number of anilines is 1. The molecule has 0 fully saturated rings. The summed E-state index contributed by atoms with van der Waals surface area (Å²) in [5, 5.41) is 20.3. The molecule has 0 aliphatic carbocycles. The van der Waals surface area contributed by atoms with Crippen molar-refractivity contribution < 1.29 is 9.90 Å². The lowest BCUT2D eigenvalue weighted by Gasteiger charge is -2.12. The number of aromatic carboxylic acids is 1. The van der Waals surface area contributed by atoms with E-state index in [1.165, 1.54) is 0 Å². The predicted molar refractivity (Wildman–Crippen MR) is 133 cm³/mol. The van der Waals surface area contributed by atoms with Crippen LogP contribution in [-0.4, -0.2) is 31.2 Å². The Balaban J connectivity index is 1.52. The molecule has 0 saturated carbocycles. The van der Waals surface area contributed by atoms with Crippen LogP contribution < -0.4 is 5.32 Å². The van der Waals surface area contributed by atoms with Crippen molar-refractivity contribution in [3.63, 3.8) is 0 Å². The number of benzene rings is 3. The second kappa shape index (κ2) is 8.99. The van der Waals surface area contributed by atoms with Crippen LogP contribution in [0.15, 0.2) is 85.6 Å². The van der Waals surface area contributed by atoms with E-state index in [-0.39, 0.29) is 5.56 Å². The lowest BCUT2D eigenvalue weighted by molar-refractivity contribution is 0.0697. The molecule has 3 aromatic carbocycles. The zero-order valence-corrected chi connectivity index (χ0v) is 18.2. The highest BCUT2D eigenvalue weighted by Crippen LogP contribution is 2.29. The minimum absolute atomic E-state index is 0.256. The largest absolute Gasteiger partial charge is 0.478 e. The average Bonchev–Trinajstić information content (AvgIpc) is 3.42. The lowest BCUT2D eigenvalue weighted by atomic mass is 10.0. The summed E-state index contributed by atoms with van der Waals surface area (Å²) in [5.74, 6) is 0.277. The van der Waals surface area contributed by atoms with Gasteiger partial charge in [0.05, 0.1) is 11.1 Å². The highest BCUT2D eigenvalue weighted by atomic mass is 16.4. The van der Waals surface area contributed by atoms with Gasteiger partial charge in [0, 0.05) is 18.1 Å². The molecule has 0 saturated heterocycles. The SMILES string of the molecule is C=Cc1ccc(-c2ccc3c(NCc4ccc(C(=O)O)cc4)nc(-c4ccn[nH]4)nc3c2)cc1. The summed E-state index contributed by atoms with van der Waals surface area (Å²) < 4.78 is 0. The van der Waals surface area contributed by atoms with Crippen LogP contribution in [0.5, 0.6) is 0 Å². The minimum Gasteiger partial charge on any atom is -0.478 e. The van der Waals surface area contributed by atoms with Gasteiger partial charge in [0.15, 0.2) is 5.82 Å². The molecule has 0 bridgehead atoms. The summed E-state index contributed by atoms with van der Waals surface area (Å²) >= 11 is 0. The van der Waals surface area contributed by atoms with Crippen LogP contribution in [0.4, 0.5) is 5.82 Å². The van der Waals surface area contributed by atoms with E-state index in [1.54, 1.807) is 30.5 Å². The number of aromatic amines is 1. The Bertz CT molecular complexity index is 1470. The van der Waals surface area contributed by atoms with E-state index < -0.39 is 5.97 Å². The molecule has 2 heterocycles. The van der Waals surface area contributed by atoms with Crippen molar-refractivity contribution in [1.82, 2.24) is 20.2 Å². The van der Waals surface area contributed by atoms with Crippen LogP contribution in [0, 0.1) is 0 Å². The van der Waals surface area contributed by atoms with Crippen LogP contribution in [0.1, 0.15) is 21.5 Å². The molecule has 0 atom stereocenters. The zero-order chi connectivity index (χ0) is 23.5. The second-order valence-electron chi connectivity index (χ2n) is 7.78. The molecule has 0 amide bonds. The fourth-order valence-corrected chi connectivity index (χ4v) is 3.71. The quantitative estimate of drug-likeness (QED) is 0.298. The molecule has 2 aromatic heterocycles.